The van der Waals surface area contributed by atoms with Crippen molar-refractivity contribution < 1.29 is 18.0 Å². The molecule has 2 aromatic rings. The molecule has 1 saturated carbocycles. The highest BCUT2D eigenvalue weighted by molar-refractivity contribution is 9.10. The number of aryl methyl sites for hydroxylation is 2. The normalized spacial score (nSPS) is 15.0. The molecule has 190 valence electrons. The number of sulfonamides is 1. The average Bonchev–Trinajstić information content (AvgIpc) is 3.29. The van der Waals surface area contributed by atoms with Crippen LogP contribution < -0.4 is 9.62 Å². The van der Waals surface area contributed by atoms with Gasteiger partial charge in [-0.1, -0.05) is 58.6 Å². The fourth-order valence-electron chi connectivity index (χ4n) is 4.44. The predicted molar refractivity (Wildman–Crippen MR) is 143 cm³/mol. The van der Waals surface area contributed by atoms with Gasteiger partial charge in [-0.15, -0.1) is 0 Å². The number of carbonyl (C=O) groups excluding carboxylic acids is 2. The maximum Gasteiger partial charge on any atom is 0.244 e. The van der Waals surface area contributed by atoms with Crippen LogP contribution in [0.1, 0.15) is 49.3 Å². The zero-order valence-electron chi connectivity index (χ0n) is 20.8. The third kappa shape index (κ3) is 7.30. The summed E-state index contributed by atoms with van der Waals surface area (Å²) in [7, 11) is -3.75. The molecule has 0 bridgehead atoms. The van der Waals surface area contributed by atoms with E-state index in [0.29, 0.717) is 5.69 Å². The first-order chi connectivity index (χ1) is 16.5. The summed E-state index contributed by atoms with van der Waals surface area (Å²) in [5.41, 5.74) is 3.06. The second-order valence-corrected chi connectivity index (χ2v) is 12.2. The van der Waals surface area contributed by atoms with E-state index in [1.807, 2.05) is 50.2 Å². The molecule has 1 atom stereocenters. The molecule has 0 heterocycles. The number of anilines is 1. The molecule has 1 aliphatic carbocycles. The van der Waals surface area contributed by atoms with Crippen LogP contribution in [0, 0.1) is 13.8 Å². The van der Waals surface area contributed by atoms with E-state index in [2.05, 4.69) is 21.2 Å². The number of carbonyl (C=O) groups is 2. The van der Waals surface area contributed by atoms with Gasteiger partial charge >= 0.3 is 0 Å². The smallest absolute Gasteiger partial charge is 0.244 e. The maximum atomic E-state index is 13.6. The quantitative estimate of drug-likeness (QED) is 0.492. The summed E-state index contributed by atoms with van der Waals surface area (Å²) in [6, 6.07) is 12.3. The Bertz CT molecular complexity index is 1160. The van der Waals surface area contributed by atoms with E-state index in [4.69, 9.17) is 0 Å². The molecule has 0 unspecified atom stereocenters. The number of halogens is 1. The van der Waals surface area contributed by atoms with Crippen LogP contribution in [0.2, 0.25) is 0 Å². The van der Waals surface area contributed by atoms with Gasteiger partial charge < -0.3 is 10.2 Å². The van der Waals surface area contributed by atoms with Crippen molar-refractivity contribution in [3.8, 4) is 0 Å². The molecule has 1 aliphatic rings. The molecule has 7 nitrogen and oxygen atoms in total. The lowest BCUT2D eigenvalue weighted by Crippen LogP contribution is -2.52. The van der Waals surface area contributed by atoms with Gasteiger partial charge in [-0.25, -0.2) is 8.42 Å². The molecule has 2 amide bonds. The molecule has 0 saturated heterocycles. The van der Waals surface area contributed by atoms with E-state index in [0.717, 1.165) is 57.4 Å². The van der Waals surface area contributed by atoms with Gasteiger partial charge in [0.25, 0.3) is 0 Å². The van der Waals surface area contributed by atoms with Crippen LogP contribution in [0.4, 0.5) is 5.69 Å². The van der Waals surface area contributed by atoms with Crippen molar-refractivity contribution in [3.63, 3.8) is 0 Å². The minimum atomic E-state index is -3.75. The average molecular weight is 565 g/mol. The fourth-order valence-corrected chi connectivity index (χ4v) is 5.61. The van der Waals surface area contributed by atoms with Crippen LogP contribution in [0.25, 0.3) is 0 Å². The van der Waals surface area contributed by atoms with Crippen molar-refractivity contribution in [2.75, 3.05) is 17.1 Å². The molecular formula is C26H34BrN3O4S. The first kappa shape index (κ1) is 27.2. The Morgan fingerprint density at radius 1 is 1.09 bits per heavy atom. The summed E-state index contributed by atoms with van der Waals surface area (Å²) in [5.74, 6) is -0.660. The first-order valence-corrected chi connectivity index (χ1v) is 14.5. The van der Waals surface area contributed by atoms with E-state index >= 15 is 0 Å². The third-order valence-electron chi connectivity index (χ3n) is 6.44. The molecular weight excluding hydrogens is 530 g/mol. The van der Waals surface area contributed by atoms with Gasteiger partial charge in [0.1, 0.15) is 12.6 Å². The third-order valence-corrected chi connectivity index (χ3v) is 8.09. The Kier molecular flexibility index (Phi) is 8.99. The van der Waals surface area contributed by atoms with Gasteiger partial charge in [0.15, 0.2) is 0 Å². The highest BCUT2D eigenvalue weighted by Crippen LogP contribution is 2.25. The van der Waals surface area contributed by atoms with Gasteiger partial charge in [0, 0.05) is 17.1 Å². The van der Waals surface area contributed by atoms with E-state index in [-0.39, 0.29) is 25.0 Å². The maximum absolute atomic E-state index is 13.6. The number of benzene rings is 2. The van der Waals surface area contributed by atoms with Gasteiger partial charge in [-0.05, 0) is 62.9 Å². The minimum absolute atomic E-state index is 0.123. The lowest BCUT2D eigenvalue weighted by molar-refractivity contribution is -0.139. The van der Waals surface area contributed by atoms with Crippen LogP contribution in [-0.4, -0.2) is 50.0 Å². The van der Waals surface area contributed by atoms with Gasteiger partial charge in [-0.2, -0.15) is 0 Å². The lowest BCUT2D eigenvalue weighted by Gasteiger charge is -2.32. The number of nitrogens with zero attached hydrogens (tertiary/aromatic N) is 2. The molecule has 2 aromatic carbocycles. The number of rotatable bonds is 9. The van der Waals surface area contributed by atoms with Crippen molar-refractivity contribution in [2.45, 2.75) is 65.1 Å². The number of hydrogen-bond donors (Lipinski definition) is 1. The Hall–Kier alpha value is -2.39. The van der Waals surface area contributed by atoms with Crippen molar-refractivity contribution in [3.05, 3.63) is 63.6 Å². The number of amides is 2. The largest absolute Gasteiger partial charge is 0.352 e. The molecule has 0 aromatic heterocycles. The van der Waals surface area contributed by atoms with E-state index in [1.165, 1.54) is 4.90 Å². The van der Waals surface area contributed by atoms with Gasteiger partial charge in [0.2, 0.25) is 21.8 Å². The van der Waals surface area contributed by atoms with Crippen molar-refractivity contribution in [1.29, 1.82) is 0 Å². The van der Waals surface area contributed by atoms with E-state index in [1.54, 1.807) is 13.0 Å². The standard InChI is InChI=1S/C26H34BrN3O4S/c1-18-9-14-24(19(2)15-18)30(35(4,33)34)17-25(31)29(16-21-10-12-22(27)13-11-21)20(3)26(32)28-23-7-5-6-8-23/h9-15,20,23H,5-8,16-17H2,1-4H3,(H,28,32)/t20-/m0/s1. The summed E-state index contributed by atoms with van der Waals surface area (Å²) in [4.78, 5) is 28.2. The summed E-state index contributed by atoms with van der Waals surface area (Å²) in [6.07, 6.45) is 5.14. The monoisotopic (exact) mass is 563 g/mol. The van der Waals surface area contributed by atoms with Crippen molar-refractivity contribution >= 4 is 43.5 Å². The number of hydrogen-bond acceptors (Lipinski definition) is 4. The summed E-state index contributed by atoms with van der Waals surface area (Å²) in [5, 5.41) is 3.07. The topological polar surface area (TPSA) is 86.8 Å². The molecule has 35 heavy (non-hydrogen) atoms. The van der Waals surface area contributed by atoms with E-state index < -0.39 is 22.0 Å². The Morgan fingerprint density at radius 3 is 2.29 bits per heavy atom. The zero-order valence-corrected chi connectivity index (χ0v) is 23.2. The molecule has 1 fully saturated rings. The second kappa shape index (κ2) is 11.6. The highest BCUT2D eigenvalue weighted by atomic mass is 79.9. The molecule has 1 N–H and O–H groups in total. The van der Waals surface area contributed by atoms with Crippen molar-refractivity contribution in [2.24, 2.45) is 0 Å². The minimum Gasteiger partial charge on any atom is -0.352 e. The lowest BCUT2D eigenvalue weighted by atomic mass is 10.1. The molecule has 9 heteroatoms. The molecule has 0 spiro atoms. The molecule has 0 radical (unpaired) electrons. The van der Waals surface area contributed by atoms with Gasteiger partial charge in [0.05, 0.1) is 11.9 Å². The second-order valence-electron chi connectivity index (χ2n) is 9.37. The van der Waals surface area contributed by atoms with Crippen LogP contribution in [-0.2, 0) is 26.2 Å². The Labute approximate surface area is 217 Å². The van der Waals surface area contributed by atoms with Crippen LogP contribution in [0.3, 0.4) is 0 Å². The first-order valence-electron chi connectivity index (χ1n) is 11.8. The Morgan fingerprint density at radius 2 is 1.71 bits per heavy atom. The van der Waals surface area contributed by atoms with Crippen molar-refractivity contribution in [1.82, 2.24) is 10.2 Å². The summed E-state index contributed by atoms with van der Waals surface area (Å²) in [6.45, 7) is 5.25. The predicted octanol–water partition coefficient (Wildman–Crippen LogP) is 4.31. The van der Waals surface area contributed by atoms with Gasteiger partial charge in [-0.3, -0.25) is 13.9 Å². The molecule has 0 aliphatic heterocycles. The summed E-state index contributed by atoms with van der Waals surface area (Å²) < 4.78 is 27.5. The summed E-state index contributed by atoms with van der Waals surface area (Å²) >= 11 is 3.42. The van der Waals surface area contributed by atoms with Crippen LogP contribution >= 0.6 is 15.9 Å². The SMILES string of the molecule is Cc1ccc(N(CC(=O)N(Cc2ccc(Br)cc2)[C@@H](C)C(=O)NC2CCCC2)S(C)(=O)=O)c(C)c1. The Balaban J connectivity index is 1.89. The van der Waals surface area contributed by atoms with E-state index in [9.17, 15) is 18.0 Å². The fraction of sp³-hybridized carbons (Fsp3) is 0.462. The number of nitrogens with one attached hydrogen (secondary N) is 1. The highest BCUT2D eigenvalue weighted by Gasteiger charge is 2.31. The van der Waals surface area contributed by atoms with Crippen LogP contribution in [0.15, 0.2) is 46.9 Å². The molecule has 3 rings (SSSR count). The zero-order chi connectivity index (χ0) is 25.8. The van der Waals surface area contributed by atoms with Crippen LogP contribution in [0.5, 0.6) is 0 Å².